The maximum Gasteiger partial charge on any atom is 0.255 e. The Morgan fingerprint density at radius 3 is 2.75 bits per heavy atom. The molecule has 1 rings (SSSR count). The molecule has 0 unspecified atom stereocenters. The Morgan fingerprint density at radius 2 is 2.25 bits per heavy atom. The van der Waals surface area contributed by atoms with Gasteiger partial charge in [-0.05, 0) is 41.1 Å². The lowest BCUT2D eigenvalue weighted by molar-refractivity contribution is 0.0731. The summed E-state index contributed by atoms with van der Waals surface area (Å²) in [7, 11) is 0. The Kier molecular flexibility index (Phi) is 5.25. The Hall–Kier alpha value is -0.580. The van der Waals surface area contributed by atoms with Gasteiger partial charge in [0, 0.05) is 22.6 Å². The van der Waals surface area contributed by atoms with Crippen molar-refractivity contribution in [1.29, 1.82) is 0 Å². The average Bonchev–Trinajstić information content (AvgIpc) is 2.25. The summed E-state index contributed by atoms with van der Waals surface area (Å²) in [6.07, 6.45) is 0. The van der Waals surface area contributed by atoms with E-state index in [0.717, 1.165) is 0 Å². The molecule has 0 spiro atoms. The first-order valence-corrected chi connectivity index (χ1v) is 6.12. The molecule has 1 aromatic rings. The van der Waals surface area contributed by atoms with Crippen LogP contribution in [0.2, 0.25) is 5.02 Å². The lowest BCUT2D eigenvalue weighted by Gasteiger charge is -2.20. The molecule has 0 fully saturated rings. The first kappa shape index (κ1) is 13.5. The maximum absolute atomic E-state index is 12.0. The zero-order valence-electron chi connectivity index (χ0n) is 8.91. The van der Waals surface area contributed by atoms with Crippen LogP contribution in [0, 0.1) is 0 Å². The molecule has 16 heavy (non-hydrogen) atoms. The summed E-state index contributed by atoms with van der Waals surface area (Å²) in [6, 6.07) is 5.03. The number of aliphatic hydroxyl groups excluding tert-OH is 1. The van der Waals surface area contributed by atoms with Gasteiger partial charge in [-0.1, -0.05) is 11.6 Å². The van der Waals surface area contributed by atoms with Gasteiger partial charge in [-0.25, -0.2) is 0 Å². The number of benzene rings is 1. The van der Waals surface area contributed by atoms with Crippen LogP contribution in [0.5, 0.6) is 0 Å². The number of hydrogen-bond donors (Lipinski definition) is 1. The van der Waals surface area contributed by atoms with Crippen LogP contribution in [0.1, 0.15) is 17.3 Å². The molecular weight excluding hydrogens is 293 g/mol. The van der Waals surface area contributed by atoms with E-state index in [-0.39, 0.29) is 12.5 Å². The Balaban J connectivity index is 2.94. The molecule has 0 heterocycles. The van der Waals surface area contributed by atoms with Gasteiger partial charge >= 0.3 is 0 Å². The van der Waals surface area contributed by atoms with E-state index in [1.54, 1.807) is 23.1 Å². The molecule has 0 bridgehead atoms. The molecule has 0 aliphatic rings. The molecule has 5 heteroatoms. The summed E-state index contributed by atoms with van der Waals surface area (Å²) in [5.41, 5.74) is 0.555. The van der Waals surface area contributed by atoms with Crippen molar-refractivity contribution in [3.05, 3.63) is 33.3 Å². The third-order valence-electron chi connectivity index (χ3n) is 2.20. The minimum atomic E-state index is -0.111. The second-order valence-electron chi connectivity index (χ2n) is 3.23. The quantitative estimate of drug-likeness (QED) is 0.929. The topological polar surface area (TPSA) is 40.5 Å². The monoisotopic (exact) mass is 305 g/mol. The molecule has 1 N–H and O–H groups in total. The van der Waals surface area contributed by atoms with Crippen molar-refractivity contribution in [2.45, 2.75) is 6.92 Å². The first-order valence-electron chi connectivity index (χ1n) is 4.95. The van der Waals surface area contributed by atoms with E-state index in [1.807, 2.05) is 6.92 Å². The van der Waals surface area contributed by atoms with Crippen LogP contribution in [-0.4, -0.2) is 35.6 Å². The van der Waals surface area contributed by atoms with Crippen LogP contribution < -0.4 is 0 Å². The summed E-state index contributed by atoms with van der Waals surface area (Å²) < 4.78 is 0.668. The number of rotatable bonds is 4. The molecule has 0 saturated heterocycles. The second kappa shape index (κ2) is 6.23. The Bertz CT molecular complexity index is 384. The SMILES string of the molecule is CCN(CCO)C(=O)c1ccc(Cl)cc1Br. The van der Waals surface area contributed by atoms with E-state index in [2.05, 4.69) is 15.9 Å². The minimum Gasteiger partial charge on any atom is -0.395 e. The van der Waals surface area contributed by atoms with Crippen LogP contribution in [-0.2, 0) is 0 Å². The number of carbonyl (C=O) groups excluding carboxylic acids is 1. The predicted octanol–water partition coefficient (Wildman–Crippen LogP) is 2.56. The van der Waals surface area contributed by atoms with Crippen LogP contribution in [0.25, 0.3) is 0 Å². The molecule has 0 aliphatic carbocycles. The maximum atomic E-state index is 12.0. The molecule has 3 nitrogen and oxygen atoms in total. The molecule has 0 atom stereocenters. The fraction of sp³-hybridized carbons (Fsp3) is 0.364. The van der Waals surface area contributed by atoms with Crippen molar-refractivity contribution in [2.75, 3.05) is 19.7 Å². The lowest BCUT2D eigenvalue weighted by Crippen LogP contribution is -2.33. The van der Waals surface area contributed by atoms with E-state index < -0.39 is 0 Å². The van der Waals surface area contributed by atoms with Crippen molar-refractivity contribution in [2.24, 2.45) is 0 Å². The van der Waals surface area contributed by atoms with E-state index in [9.17, 15) is 4.79 Å². The van der Waals surface area contributed by atoms with Gasteiger partial charge in [0.2, 0.25) is 0 Å². The highest BCUT2D eigenvalue weighted by Gasteiger charge is 2.16. The van der Waals surface area contributed by atoms with Crippen molar-refractivity contribution in [3.8, 4) is 0 Å². The standard InChI is InChI=1S/C11H13BrClNO2/c1-2-14(5-6-15)11(16)9-4-3-8(13)7-10(9)12/h3-4,7,15H,2,5-6H2,1H3. The smallest absolute Gasteiger partial charge is 0.255 e. The third-order valence-corrected chi connectivity index (χ3v) is 3.09. The van der Waals surface area contributed by atoms with Gasteiger partial charge < -0.3 is 10.0 Å². The van der Waals surface area contributed by atoms with Gasteiger partial charge in [-0.15, -0.1) is 0 Å². The van der Waals surface area contributed by atoms with Gasteiger partial charge in [0.05, 0.1) is 12.2 Å². The minimum absolute atomic E-state index is 0.0369. The van der Waals surface area contributed by atoms with Gasteiger partial charge in [0.15, 0.2) is 0 Å². The summed E-state index contributed by atoms with van der Waals surface area (Å²) in [4.78, 5) is 13.6. The van der Waals surface area contributed by atoms with Crippen LogP contribution >= 0.6 is 27.5 Å². The molecular formula is C11H13BrClNO2. The molecule has 0 aliphatic heterocycles. The summed E-state index contributed by atoms with van der Waals surface area (Å²) in [6.45, 7) is 2.74. The van der Waals surface area contributed by atoms with Crippen LogP contribution in [0.15, 0.2) is 22.7 Å². The van der Waals surface area contributed by atoms with Crippen molar-refractivity contribution in [3.63, 3.8) is 0 Å². The van der Waals surface area contributed by atoms with Gasteiger partial charge in [0.1, 0.15) is 0 Å². The highest BCUT2D eigenvalue weighted by Crippen LogP contribution is 2.22. The summed E-state index contributed by atoms with van der Waals surface area (Å²) >= 11 is 9.10. The van der Waals surface area contributed by atoms with E-state index in [1.165, 1.54) is 0 Å². The van der Waals surface area contributed by atoms with Gasteiger partial charge in [-0.2, -0.15) is 0 Å². The second-order valence-corrected chi connectivity index (χ2v) is 4.52. The molecule has 0 aromatic heterocycles. The molecule has 0 saturated carbocycles. The molecule has 0 radical (unpaired) electrons. The fourth-order valence-electron chi connectivity index (χ4n) is 1.36. The van der Waals surface area contributed by atoms with E-state index in [4.69, 9.17) is 16.7 Å². The number of aliphatic hydroxyl groups is 1. The van der Waals surface area contributed by atoms with Crippen LogP contribution in [0.3, 0.4) is 0 Å². The van der Waals surface area contributed by atoms with E-state index in [0.29, 0.717) is 28.1 Å². The number of nitrogens with zero attached hydrogens (tertiary/aromatic N) is 1. The lowest BCUT2D eigenvalue weighted by atomic mass is 10.2. The predicted molar refractivity (Wildman–Crippen MR) is 67.8 cm³/mol. The molecule has 1 aromatic carbocycles. The third kappa shape index (κ3) is 3.20. The normalized spacial score (nSPS) is 10.2. The number of hydrogen-bond acceptors (Lipinski definition) is 2. The zero-order chi connectivity index (χ0) is 12.1. The van der Waals surface area contributed by atoms with Crippen LogP contribution in [0.4, 0.5) is 0 Å². The average molecular weight is 307 g/mol. The highest BCUT2D eigenvalue weighted by atomic mass is 79.9. The summed E-state index contributed by atoms with van der Waals surface area (Å²) in [5, 5.41) is 9.43. The number of halogens is 2. The highest BCUT2D eigenvalue weighted by molar-refractivity contribution is 9.10. The summed E-state index contributed by atoms with van der Waals surface area (Å²) in [5.74, 6) is -0.111. The van der Waals surface area contributed by atoms with E-state index >= 15 is 0 Å². The zero-order valence-corrected chi connectivity index (χ0v) is 11.3. The first-order chi connectivity index (χ1) is 7.60. The molecule has 1 amide bonds. The Labute approximate surface area is 108 Å². The number of amides is 1. The van der Waals surface area contributed by atoms with Gasteiger partial charge in [-0.3, -0.25) is 4.79 Å². The number of likely N-dealkylation sites (N-methyl/N-ethyl adjacent to an activating group) is 1. The number of carbonyl (C=O) groups is 1. The molecule has 88 valence electrons. The largest absolute Gasteiger partial charge is 0.395 e. The Morgan fingerprint density at radius 1 is 1.56 bits per heavy atom. The van der Waals surface area contributed by atoms with Gasteiger partial charge in [0.25, 0.3) is 5.91 Å². The van der Waals surface area contributed by atoms with Crippen molar-refractivity contribution >= 4 is 33.4 Å². The van der Waals surface area contributed by atoms with Crippen molar-refractivity contribution in [1.82, 2.24) is 4.90 Å². The fourth-order valence-corrected chi connectivity index (χ4v) is 2.21. The van der Waals surface area contributed by atoms with Crippen molar-refractivity contribution < 1.29 is 9.90 Å².